The summed E-state index contributed by atoms with van der Waals surface area (Å²) >= 11 is 0. The zero-order valence-electron chi connectivity index (χ0n) is 10.7. The molecule has 2 rings (SSSR count). The van der Waals surface area contributed by atoms with Gasteiger partial charge in [0, 0.05) is 25.8 Å². The smallest absolute Gasteiger partial charge is 0.120 e. The first kappa shape index (κ1) is 12.2. The van der Waals surface area contributed by atoms with E-state index in [2.05, 4.69) is 18.3 Å². The Hall–Kier alpha value is -1.27. The van der Waals surface area contributed by atoms with Gasteiger partial charge in [-0.2, -0.15) is 5.26 Å². The van der Waals surface area contributed by atoms with E-state index in [1.165, 1.54) is 31.2 Å². The summed E-state index contributed by atoms with van der Waals surface area (Å²) in [7, 11) is 1.92. The highest BCUT2D eigenvalue weighted by atomic mass is 15.0. The third kappa shape index (κ3) is 2.89. The Morgan fingerprint density at radius 1 is 1.53 bits per heavy atom. The first-order chi connectivity index (χ1) is 8.20. The van der Waals surface area contributed by atoms with Gasteiger partial charge in [0.1, 0.15) is 11.8 Å². The third-order valence-corrected chi connectivity index (χ3v) is 3.91. The molecule has 3 nitrogen and oxygen atoms in total. The second-order valence-electron chi connectivity index (χ2n) is 5.17. The Morgan fingerprint density at radius 3 is 2.82 bits per heavy atom. The van der Waals surface area contributed by atoms with Crippen LogP contribution in [0.25, 0.3) is 0 Å². The van der Waals surface area contributed by atoms with Gasteiger partial charge in [-0.25, -0.2) is 0 Å². The molecule has 0 radical (unpaired) electrons. The highest BCUT2D eigenvalue weighted by Crippen LogP contribution is 2.27. The molecule has 1 fully saturated rings. The van der Waals surface area contributed by atoms with Crippen molar-refractivity contribution in [1.82, 2.24) is 9.88 Å². The Labute approximate surface area is 103 Å². The quantitative estimate of drug-likeness (QED) is 0.865. The first-order valence-electron chi connectivity index (χ1n) is 6.49. The molecule has 0 saturated heterocycles. The summed E-state index contributed by atoms with van der Waals surface area (Å²) in [5, 5.41) is 12.5. The number of hydrogen-bond donors (Lipinski definition) is 1. The van der Waals surface area contributed by atoms with Crippen LogP contribution in [-0.4, -0.2) is 10.6 Å². The van der Waals surface area contributed by atoms with Gasteiger partial charge in [-0.3, -0.25) is 0 Å². The zero-order chi connectivity index (χ0) is 12.3. The van der Waals surface area contributed by atoms with E-state index in [1.807, 2.05) is 23.9 Å². The zero-order valence-corrected chi connectivity index (χ0v) is 10.7. The van der Waals surface area contributed by atoms with E-state index in [-0.39, 0.29) is 0 Å². The molecule has 0 aliphatic heterocycles. The van der Waals surface area contributed by atoms with Crippen LogP contribution >= 0.6 is 0 Å². The van der Waals surface area contributed by atoms with Gasteiger partial charge in [-0.1, -0.05) is 12.8 Å². The highest BCUT2D eigenvalue weighted by Gasteiger charge is 2.20. The van der Waals surface area contributed by atoms with E-state index in [1.54, 1.807) is 0 Å². The first-order valence-corrected chi connectivity index (χ1v) is 6.49. The Balaban J connectivity index is 1.86. The molecule has 1 atom stereocenters. The van der Waals surface area contributed by atoms with E-state index in [4.69, 9.17) is 5.26 Å². The molecule has 1 saturated carbocycles. The summed E-state index contributed by atoms with van der Waals surface area (Å²) in [6.07, 6.45) is 7.55. The number of rotatable bonds is 4. The largest absolute Gasteiger partial charge is 0.342 e. The SMILES string of the molecule is CC(NCc1cc(C#N)n(C)c1)C1CCCC1. The predicted octanol–water partition coefficient (Wildman–Crippen LogP) is 2.57. The average Bonchev–Trinajstić information content (AvgIpc) is 2.95. The molecule has 17 heavy (non-hydrogen) atoms. The number of aryl methyl sites for hydroxylation is 1. The lowest BCUT2D eigenvalue weighted by Gasteiger charge is -2.19. The molecule has 0 spiro atoms. The molecule has 1 aromatic rings. The van der Waals surface area contributed by atoms with Crippen molar-refractivity contribution in [3.63, 3.8) is 0 Å². The van der Waals surface area contributed by atoms with Gasteiger partial charge in [0.05, 0.1) is 0 Å². The third-order valence-electron chi connectivity index (χ3n) is 3.91. The van der Waals surface area contributed by atoms with Gasteiger partial charge in [0.15, 0.2) is 0 Å². The Kier molecular flexibility index (Phi) is 3.86. The summed E-state index contributed by atoms with van der Waals surface area (Å²) in [5.74, 6) is 0.842. The van der Waals surface area contributed by atoms with Crippen LogP contribution < -0.4 is 5.32 Å². The molecule has 92 valence electrons. The van der Waals surface area contributed by atoms with Crippen LogP contribution in [0.1, 0.15) is 43.9 Å². The molecule has 0 amide bonds. The fraction of sp³-hybridized carbons (Fsp3) is 0.643. The van der Waals surface area contributed by atoms with Gasteiger partial charge >= 0.3 is 0 Å². The molecule has 1 unspecified atom stereocenters. The van der Waals surface area contributed by atoms with Crippen LogP contribution in [0.5, 0.6) is 0 Å². The Morgan fingerprint density at radius 2 is 2.24 bits per heavy atom. The molecular weight excluding hydrogens is 210 g/mol. The summed E-state index contributed by atoms with van der Waals surface area (Å²) in [6, 6.07) is 4.75. The van der Waals surface area contributed by atoms with Crippen molar-refractivity contribution >= 4 is 0 Å². The van der Waals surface area contributed by atoms with Crippen molar-refractivity contribution in [2.24, 2.45) is 13.0 Å². The van der Waals surface area contributed by atoms with Gasteiger partial charge < -0.3 is 9.88 Å². The second-order valence-corrected chi connectivity index (χ2v) is 5.17. The standard InChI is InChI=1S/C14H21N3/c1-11(13-5-3-4-6-13)16-9-12-7-14(8-15)17(2)10-12/h7,10-11,13,16H,3-6,9H2,1-2H3. The minimum absolute atomic E-state index is 0.586. The lowest BCUT2D eigenvalue weighted by atomic mass is 10.00. The van der Waals surface area contributed by atoms with E-state index in [9.17, 15) is 0 Å². The normalized spacial score (nSPS) is 18.2. The van der Waals surface area contributed by atoms with E-state index in [0.717, 1.165) is 18.2 Å². The van der Waals surface area contributed by atoms with Gasteiger partial charge in [-0.05, 0) is 37.3 Å². The number of nitriles is 1. The van der Waals surface area contributed by atoms with Crippen molar-refractivity contribution in [2.75, 3.05) is 0 Å². The van der Waals surface area contributed by atoms with Gasteiger partial charge in [-0.15, -0.1) is 0 Å². The fourth-order valence-electron chi connectivity index (χ4n) is 2.74. The van der Waals surface area contributed by atoms with Crippen molar-refractivity contribution in [2.45, 2.75) is 45.2 Å². The number of aromatic nitrogens is 1. The van der Waals surface area contributed by atoms with Crippen LogP contribution in [0, 0.1) is 17.2 Å². The van der Waals surface area contributed by atoms with Crippen molar-refractivity contribution < 1.29 is 0 Å². The second kappa shape index (κ2) is 5.37. The molecule has 0 bridgehead atoms. The molecule has 1 aliphatic carbocycles. The number of nitrogens with zero attached hydrogens (tertiary/aromatic N) is 2. The fourth-order valence-corrected chi connectivity index (χ4v) is 2.74. The summed E-state index contributed by atoms with van der Waals surface area (Å²) in [4.78, 5) is 0. The molecule has 1 aliphatic rings. The monoisotopic (exact) mass is 231 g/mol. The molecule has 1 aromatic heterocycles. The van der Waals surface area contributed by atoms with E-state index < -0.39 is 0 Å². The lowest BCUT2D eigenvalue weighted by molar-refractivity contribution is 0.380. The molecular formula is C14H21N3. The maximum absolute atomic E-state index is 8.89. The summed E-state index contributed by atoms with van der Waals surface area (Å²) in [6.45, 7) is 3.15. The highest BCUT2D eigenvalue weighted by molar-refractivity contribution is 5.28. The van der Waals surface area contributed by atoms with Crippen LogP contribution in [0.3, 0.4) is 0 Å². The molecule has 1 N–H and O–H groups in total. The number of nitrogens with one attached hydrogen (secondary N) is 1. The average molecular weight is 231 g/mol. The Bertz CT molecular complexity index is 408. The number of hydrogen-bond acceptors (Lipinski definition) is 2. The van der Waals surface area contributed by atoms with Crippen LogP contribution in [0.2, 0.25) is 0 Å². The van der Waals surface area contributed by atoms with E-state index in [0.29, 0.717) is 6.04 Å². The van der Waals surface area contributed by atoms with Crippen molar-refractivity contribution in [1.29, 1.82) is 5.26 Å². The van der Waals surface area contributed by atoms with Crippen LogP contribution in [-0.2, 0) is 13.6 Å². The summed E-state index contributed by atoms with van der Waals surface area (Å²) < 4.78 is 1.89. The molecule has 1 heterocycles. The van der Waals surface area contributed by atoms with Crippen LogP contribution in [0.4, 0.5) is 0 Å². The van der Waals surface area contributed by atoms with Crippen molar-refractivity contribution in [3.05, 3.63) is 23.5 Å². The van der Waals surface area contributed by atoms with Crippen LogP contribution in [0.15, 0.2) is 12.3 Å². The minimum Gasteiger partial charge on any atom is -0.342 e. The molecule has 3 heteroatoms. The maximum atomic E-state index is 8.89. The van der Waals surface area contributed by atoms with E-state index >= 15 is 0 Å². The summed E-state index contributed by atoms with van der Waals surface area (Å²) in [5.41, 5.74) is 1.93. The van der Waals surface area contributed by atoms with Gasteiger partial charge in [0.25, 0.3) is 0 Å². The van der Waals surface area contributed by atoms with Crippen molar-refractivity contribution in [3.8, 4) is 6.07 Å². The topological polar surface area (TPSA) is 40.8 Å². The molecule has 0 aromatic carbocycles. The predicted molar refractivity (Wildman–Crippen MR) is 68.4 cm³/mol. The minimum atomic E-state index is 0.586. The lowest BCUT2D eigenvalue weighted by Crippen LogP contribution is -2.31. The maximum Gasteiger partial charge on any atom is 0.120 e. The van der Waals surface area contributed by atoms with Gasteiger partial charge in [0.2, 0.25) is 0 Å².